The molecule has 1 amide bonds. The number of carbonyl (C=O) groups excluding carboxylic acids is 1. The zero-order valence-corrected chi connectivity index (χ0v) is 12.3. The van der Waals surface area contributed by atoms with Gasteiger partial charge in [-0.25, -0.2) is 0 Å². The van der Waals surface area contributed by atoms with Crippen LogP contribution < -0.4 is 11.1 Å². The fraction of sp³-hybridized carbons (Fsp3) is 0.714. The molecular weight excluding hydrogens is 256 g/mol. The van der Waals surface area contributed by atoms with E-state index in [-0.39, 0.29) is 5.91 Å². The lowest BCUT2D eigenvalue weighted by atomic mass is 9.76. The topological polar surface area (TPSA) is 82.2 Å². The lowest BCUT2D eigenvalue weighted by Gasteiger charge is -2.35. The smallest absolute Gasteiger partial charge is 0.244 e. The molecule has 1 aromatic heterocycles. The fourth-order valence-electron chi connectivity index (χ4n) is 2.79. The summed E-state index contributed by atoms with van der Waals surface area (Å²) in [6.07, 6.45) is 7.10. The van der Waals surface area contributed by atoms with E-state index in [9.17, 15) is 4.79 Å². The second kappa shape index (κ2) is 6.37. The molecule has 1 aliphatic carbocycles. The molecule has 0 spiro atoms. The molecule has 0 aromatic carbocycles. The first-order valence-corrected chi connectivity index (χ1v) is 7.15. The van der Waals surface area contributed by atoms with Crippen molar-refractivity contribution < 1.29 is 9.53 Å². The van der Waals surface area contributed by atoms with Gasteiger partial charge in [0.15, 0.2) is 0 Å². The molecule has 112 valence electrons. The molecule has 0 aliphatic heterocycles. The van der Waals surface area contributed by atoms with Crippen molar-refractivity contribution in [2.45, 2.75) is 44.7 Å². The number of amides is 1. The van der Waals surface area contributed by atoms with Gasteiger partial charge < -0.3 is 15.8 Å². The minimum absolute atomic E-state index is 0.102. The highest BCUT2D eigenvalue weighted by Crippen LogP contribution is 2.31. The largest absolute Gasteiger partial charge is 0.383 e. The second-order valence-corrected chi connectivity index (χ2v) is 5.80. The predicted octanol–water partition coefficient (Wildman–Crippen LogP) is 1.38. The predicted molar refractivity (Wildman–Crippen MR) is 77.3 cm³/mol. The molecule has 6 nitrogen and oxygen atoms in total. The monoisotopic (exact) mass is 280 g/mol. The van der Waals surface area contributed by atoms with Gasteiger partial charge in [-0.05, 0) is 18.8 Å². The highest BCUT2D eigenvalue weighted by atomic mass is 16.5. The maximum absolute atomic E-state index is 12.4. The molecule has 6 heteroatoms. The van der Waals surface area contributed by atoms with Crippen LogP contribution >= 0.6 is 0 Å². The van der Waals surface area contributed by atoms with Gasteiger partial charge in [-0.2, -0.15) is 5.10 Å². The third kappa shape index (κ3) is 3.58. The first-order valence-electron chi connectivity index (χ1n) is 7.15. The van der Waals surface area contributed by atoms with Gasteiger partial charge in [-0.15, -0.1) is 0 Å². The third-order valence-corrected chi connectivity index (χ3v) is 3.90. The van der Waals surface area contributed by atoms with Crippen LogP contribution in [-0.2, 0) is 16.1 Å². The minimum Gasteiger partial charge on any atom is -0.383 e. The van der Waals surface area contributed by atoms with Gasteiger partial charge in [-0.1, -0.05) is 19.8 Å². The molecule has 2 unspecified atom stereocenters. The van der Waals surface area contributed by atoms with E-state index >= 15 is 0 Å². The molecule has 0 bridgehead atoms. The summed E-state index contributed by atoms with van der Waals surface area (Å²) in [5.74, 6) is 0.402. The van der Waals surface area contributed by atoms with Crippen LogP contribution in [0.3, 0.4) is 0 Å². The van der Waals surface area contributed by atoms with Gasteiger partial charge in [0.1, 0.15) is 0 Å². The van der Waals surface area contributed by atoms with E-state index in [1.54, 1.807) is 24.2 Å². The van der Waals surface area contributed by atoms with E-state index < -0.39 is 5.54 Å². The van der Waals surface area contributed by atoms with Crippen molar-refractivity contribution in [2.75, 3.05) is 19.0 Å². The van der Waals surface area contributed by atoms with Gasteiger partial charge in [0.05, 0.1) is 30.6 Å². The quantitative estimate of drug-likeness (QED) is 0.853. The Morgan fingerprint density at radius 1 is 1.70 bits per heavy atom. The Bertz CT molecular complexity index is 460. The Kier molecular flexibility index (Phi) is 4.77. The maximum atomic E-state index is 12.4. The molecule has 0 saturated heterocycles. The number of nitrogens with one attached hydrogen (secondary N) is 1. The van der Waals surface area contributed by atoms with Crippen LogP contribution in [0.4, 0.5) is 5.69 Å². The number of hydrogen-bond donors (Lipinski definition) is 2. The number of nitrogens with zero attached hydrogens (tertiary/aromatic N) is 2. The van der Waals surface area contributed by atoms with Gasteiger partial charge in [0, 0.05) is 13.3 Å². The molecule has 1 aliphatic rings. The van der Waals surface area contributed by atoms with E-state index in [1.807, 2.05) is 0 Å². The highest BCUT2D eigenvalue weighted by molar-refractivity contribution is 5.97. The van der Waals surface area contributed by atoms with Gasteiger partial charge >= 0.3 is 0 Å². The second-order valence-electron chi connectivity index (χ2n) is 5.80. The van der Waals surface area contributed by atoms with E-state index in [0.29, 0.717) is 24.8 Å². The molecule has 20 heavy (non-hydrogen) atoms. The number of anilines is 1. The SMILES string of the molecule is COCCn1cc(NC(=O)C2(N)CCCC(C)C2)cn1. The van der Waals surface area contributed by atoms with Crippen molar-refractivity contribution in [2.24, 2.45) is 11.7 Å². The third-order valence-electron chi connectivity index (χ3n) is 3.90. The van der Waals surface area contributed by atoms with E-state index in [2.05, 4.69) is 17.3 Å². The summed E-state index contributed by atoms with van der Waals surface area (Å²) in [6, 6.07) is 0. The molecule has 1 heterocycles. The molecule has 2 rings (SSSR count). The van der Waals surface area contributed by atoms with Crippen molar-refractivity contribution in [3.05, 3.63) is 12.4 Å². The summed E-state index contributed by atoms with van der Waals surface area (Å²) in [5, 5.41) is 7.05. The molecule has 3 N–H and O–H groups in total. The number of methoxy groups -OCH3 is 1. The normalized spacial score (nSPS) is 26.4. The zero-order chi connectivity index (χ0) is 14.6. The highest BCUT2D eigenvalue weighted by Gasteiger charge is 2.38. The molecule has 2 atom stereocenters. The van der Waals surface area contributed by atoms with Crippen molar-refractivity contribution >= 4 is 11.6 Å². The minimum atomic E-state index is -0.744. The van der Waals surface area contributed by atoms with Crippen molar-refractivity contribution in [3.63, 3.8) is 0 Å². The number of rotatable bonds is 5. The number of ether oxygens (including phenoxy) is 1. The van der Waals surface area contributed by atoms with Crippen molar-refractivity contribution in [3.8, 4) is 0 Å². The van der Waals surface area contributed by atoms with Crippen LogP contribution in [0.1, 0.15) is 32.6 Å². The average molecular weight is 280 g/mol. The summed E-state index contributed by atoms with van der Waals surface area (Å²) in [4.78, 5) is 12.4. The van der Waals surface area contributed by atoms with E-state index in [0.717, 1.165) is 25.7 Å². The number of hydrogen-bond acceptors (Lipinski definition) is 4. The van der Waals surface area contributed by atoms with Gasteiger partial charge in [0.2, 0.25) is 5.91 Å². The van der Waals surface area contributed by atoms with Crippen LogP contribution in [0.2, 0.25) is 0 Å². The number of aromatic nitrogens is 2. The molecule has 1 fully saturated rings. The van der Waals surface area contributed by atoms with E-state index in [4.69, 9.17) is 10.5 Å². The summed E-state index contributed by atoms with van der Waals surface area (Å²) >= 11 is 0. The van der Waals surface area contributed by atoms with Crippen LogP contribution in [0.5, 0.6) is 0 Å². The Morgan fingerprint density at radius 2 is 2.50 bits per heavy atom. The summed E-state index contributed by atoms with van der Waals surface area (Å²) in [7, 11) is 1.65. The Labute approximate surface area is 119 Å². The number of carbonyl (C=O) groups is 1. The molecule has 1 aromatic rings. The Hall–Kier alpha value is -1.40. The van der Waals surface area contributed by atoms with Crippen LogP contribution in [0, 0.1) is 5.92 Å². The lowest BCUT2D eigenvalue weighted by molar-refractivity contribution is -0.122. The summed E-state index contributed by atoms with van der Waals surface area (Å²) < 4.78 is 6.73. The first-order chi connectivity index (χ1) is 9.53. The van der Waals surface area contributed by atoms with Gasteiger partial charge in [-0.3, -0.25) is 9.48 Å². The maximum Gasteiger partial charge on any atom is 0.244 e. The van der Waals surface area contributed by atoms with Crippen LogP contribution in [0.25, 0.3) is 0 Å². The number of nitrogens with two attached hydrogens (primary N) is 1. The van der Waals surface area contributed by atoms with Crippen molar-refractivity contribution in [1.29, 1.82) is 0 Å². The fourth-order valence-corrected chi connectivity index (χ4v) is 2.79. The Morgan fingerprint density at radius 3 is 3.20 bits per heavy atom. The molecule has 0 radical (unpaired) electrons. The van der Waals surface area contributed by atoms with E-state index in [1.165, 1.54) is 0 Å². The molecule has 1 saturated carbocycles. The lowest BCUT2D eigenvalue weighted by Crippen LogP contribution is -2.53. The summed E-state index contributed by atoms with van der Waals surface area (Å²) in [5.41, 5.74) is 6.21. The van der Waals surface area contributed by atoms with Crippen molar-refractivity contribution in [1.82, 2.24) is 9.78 Å². The molecular formula is C14H24N4O2. The summed E-state index contributed by atoms with van der Waals surface area (Å²) in [6.45, 7) is 3.40. The van der Waals surface area contributed by atoms with Crippen LogP contribution in [0.15, 0.2) is 12.4 Å². The Balaban J connectivity index is 1.95. The van der Waals surface area contributed by atoms with Crippen LogP contribution in [-0.4, -0.2) is 34.9 Å². The van der Waals surface area contributed by atoms with Gasteiger partial charge in [0.25, 0.3) is 0 Å². The zero-order valence-electron chi connectivity index (χ0n) is 12.3. The first kappa shape index (κ1) is 15.0. The standard InChI is InChI=1S/C14H24N4O2/c1-11-4-3-5-14(15,8-11)13(19)17-12-9-16-18(10-12)6-7-20-2/h9-11H,3-8,15H2,1-2H3,(H,17,19). The average Bonchev–Trinajstić information content (AvgIpc) is 2.83.